The maximum atomic E-state index is 12.6. The molecule has 2 aliphatic heterocycles. The maximum absolute atomic E-state index is 12.6. The summed E-state index contributed by atoms with van der Waals surface area (Å²) in [4.78, 5) is 12.6. The van der Waals surface area contributed by atoms with Gasteiger partial charge in [-0.1, -0.05) is 43.2 Å². The van der Waals surface area contributed by atoms with Crippen molar-refractivity contribution in [3.05, 3.63) is 116 Å². The van der Waals surface area contributed by atoms with Crippen molar-refractivity contribution in [3.63, 3.8) is 0 Å². The van der Waals surface area contributed by atoms with Crippen LogP contribution < -0.4 is 159 Å². The monoisotopic (exact) mass is 856 g/mol. The van der Waals surface area contributed by atoms with E-state index < -0.39 is 5.60 Å². The molecule has 0 saturated heterocycles. The fourth-order valence-corrected chi connectivity index (χ4v) is 3.72. The second-order valence-electron chi connectivity index (χ2n) is 6.49. The number of carbonyl (C=O) groups is 1. The van der Waals surface area contributed by atoms with Crippen LogP contribution in [0.25, 0.3) is 0 Å². The Morgan fingerprint density at radius 2 is 1.15 bits per heavy atom. The van der Waals surface area contributed by atoms with Crippen LogP contribution in [0.5, 0.6) is 11.5 Å². The molecular formula is C25H23K3O3W2-2. The summed E-state index contributed by atoms with van der Waals surface area (Å²) in [6.45, 7) is 3.92. The van der Waals surface area contributed by atoms with E-state index in [0.29, 0.717) is 17.1 Å². The minimum Gasteiger partial charge on any atom is -0.508 e. The molecule has 0 aromatic heterocycles. The molecule has 5 rings (SSSR count). The Balaban J connectivity index is -0.000000526. The van der Waals surface area contributed by atoms with E-state index in [1.54, 1.807) is 6.07 Å². The molecule has 0 bridgehead atoms. The van der Waals surface area contributed by atoms with Gasteiger partial charge in [-0.25, -0.2) is 4.79 Å². The van der Waals surface area contributed by atoms with Crippen molar-refractivity contribution in [1.82, 2.24) is 0 Å². The number of carbonyl (C=O) groups excluding carboxylic acids is 1. The van der Waals surface area contributed by atoms with Crippen LogP contribution in [0, 0.1) is 48.3 Å². The molecule has 2 heterocycles. The summed E-state index contributed by atoms with van der Waals surface area (Å²) in [5.41, 5.74) is 3.92. The molecule has 0 aliphatic carbocycles. The second-order valence-corrected chi connectivity index (χ2v) is 6.49. The van der Waals surface area contributed by atoms with Gasteiger partial charge in [0.25, 0.3) is 0 Å². The number of rotatable bonds is 0. The van der Waals surface area contributed by atoms with Crippen LogP contribution in [0.1, 0.15) is 38.2 Å². The molecule has 8 heteroatoms. The van der Waals surface area contributed by atoms with Crippen LogP contribution in [0.15, 0.2) is 48.5 Å². The van der Waals surface area contributed by atoms with Gasteiger partial charge in [0, 0.05) is 53.6 Å². The van der Waals surface area contributed by atoms with Gasteiger partial charge in [0.05, 0.1) is 5.56 Å². The van der Waals surface area contributed by atoms with Gasteiger partial charge in [0.1, 0.15) is 5.60 Å². The number of benzene rings is 3. The normalized spacial score (nSPS) is 12.0. The Hall–Kier alpha value is 3.22. The van der Waals surface area contributed by atoms with Crippen LogP contribution in [0.3, 0.4) is 0 Å². The molecule has 0 fully saturated rings. The molecule has 33 heavy (non-hydrogen) atoms. The Bertz CT molecular complexity index is 1020. The predicted molar refractivity (Wildman–Crippen MR) is 111 cm³/mol. The molecule has 2 aliphatic rings. The third-order valence-corrected chi connectivity index (χ3v) is 4.85. The largest absolute Gasteiger partial charge is 1.00 e. The molecule has 0 atom stereocenters. The second kappa shape index (κ2) is 17.7. The van der Waals surface area contributed by atoms with Crippen LogP contribution in [-0.2, 0) is 52.5 Å². The molecule has 0 unspecified atom stereocenters. The smallest absolute Gasteiger partial charge is 0.508 e. The number of ether oxygens (including phenoxy) is 2. The van der Waals surface area contributed by atoms with Crippen molar-refractivity contribution in [1.29, 1.82) is 0 Å². The van der Waals surface area contributed by atoms with Crippen LogP contribution in [0.2, 0.25) is 0 Å². The zero-order valence-corrected chi connectivity index (χ0v) is 35.9. The van der Waals surface area contributed by atoms with Crippen molar-refractivity contribution in [2.24, 2.45) is 0 Å². The predicted octanol–water partition coefficient (Wildman–Crippen LogP) is -3.17. The molecule has 3 aromatic rings. The van der Waals surface area contributed by atoms with E-state index in [0.717, 1.165) is 27.8 Å². The van der Waals surface area contributed by atoms with E-state index in [1.165, 1.54) is 0 Å². The molecule has 0 amide bonds. The van der Waals surface area contributed by atoms with Gasteiger partial charge in [-0.05, 0) is 11.6 Å². The first-order valence-corrected chi connectivity index (χ1v) is 8.17. The number of hydrogen-bond donors (Lipinski definition) is 0. The average molecular weight is 856 g/mol. The fraction of sp³-hybridized carbons (Fsp3) is 0.120. The quantitative estimate of drug-likeness (QED) is 0.136. The Labute approximate surface area is 355 Å². The summed E-state index contributed by atoms with van der Waals surface area (Å²) in [6.07, 6.45) is 0. The van der Waals surface area contributed by atoms with Gasteiger partial charge in [0.2, 0.25) is 0 Å². The number of aryl methyl sites for hydroxylation is 2. The van der Waals surface area contributed by atoms with E-state index in [-0.39, 0.29) is 225 Å². The van der Waals surface area contributed by atoms with E-state index in [4.69, 9.17) is 9.47 Å². The van der Waals surface area contributed by atoms with Crippen LogP contribution in [-0.4, -0.2) is 5.97 Å². The zero-order chi connectivity index (χ0) is 17.2. The fourth-order valence-electron chi connectivity index (χ4n) is 3.72. The minimum absolute atomic E-state index is 0. The van der Waals surface area contributed by atoms with Gasteiger partial charge in [0.15, 0.2) is 0 Å². The summed E-state index contributed by atoms with van der Waals surface area (Å²) >= 11 is 0. The minimum atomic E-state index is -1.01. The molecule has 0 radical (unpaired) electrons. The van der Waals surface area contributed by atoms with Crippen molar-refractivity contribution >= 4 is 5.97 Å². The summed E-state index contributed by atoms with van der Waals surface area (Å²) in [6, 6.07) is 21.9. The first kappa shape index (κ1) is 43.3. The van der Waals surface area contributed by atoms with E-state index in [9.17, 15) is 4.79 Å². The van der Waals surface area contributed by atoms with Gasteiger partial charge in [-0.15, -0.1) is 12.1 Å². The Morgan fingerprint density at radius 3 is 1.64 bits per heavy atom. The van der Waals surface area contributed by atoms with Gasteiger partial charge >= 0.3 is 160 Å². The van der Waals surface area contributed by atoms with Crippen molar-refractivity contribution < 1.29 is 211 Å². The molecule has 0 saturated carbocycles. The third-order valence-electron chi connectivity index (χ3n) is 4.85. The maximum Gasteiger partial charge on any atom is 1.00 e. The van der Waals surface area contributed by atoms with E-state index >= 15 is 0 Å². The molecule has 158 valence electrons. The summed E-state index contributed by atoms with van der Waals surface area (Å²) in [5, 5.41) is 0. The van der Waals surface area contributed by atoms with Crippen LogP contribution >= 0.6 is 0 Å². The van der Waals surface area contributed by atoms with Gasteiger partial charge in [-0.3, -0.25) is 0 Å². The summed E-state index contributed by atoms with van der Waals surface area (Å²) in [5.74, 6) is 0.841. The van der Waals surface area contributed by atoms with Crippen molar-refractivity contribution in [2.75, 3.05) is 0 Å². The standard InChI is InChI=1S/C22H14O3.3CH3.3K.2W/c1-13-7-9-17-19(11-13)24-20-12-14(2)8-10-18(20)22(17)16-6-4-3-5-15(16)21(23)25-22;;;;;;;;/h3-10H,1-2H3;3*1H3;;;;;/q-2;3*-1;3*+1;;. The van der Waals surface area contributed by atoms with E-state index in [2.05, 4.69) is 12.1 Å². The molecule has 3 nitrogen and oxygen atoms in total. The Kier molecular flexibility index (Phi) is 23.3. The zero-order valence-electron chi connectivity index (χ0n) is 20.7. The van der Waals surface area contributed by atoms with E-state index in [1.807, 2.05) is 56.3 Å². The first-order valence-electron chi connectivity index (χ1n) is 8.17. The topological polar surface area (TPSA) is 35.5 Å². The van der Waals surface area contributed by atoms with Crippen LogP contribution in [0.4, 0.5) is 0 Å². The van der Waals surface area contributed by atoms with Crippen molar-refractivity contribution in [3.8, 4) is 11.5 Å². The average Bonchev–Trinajstić information content (AvgIpc) is 2.88. The SMILES string of the molecule is Cc1[c-]c2c(cc1)C1(OC(=O)c3ccccc31)c1ccc(C)[c-]c1O2.[CH3-].[CH3-].[CH3-].[K+].[K+].[K+].[W].[W]. The molecule has 3 aromatic carbocycles. The summed E-state index contributed by atoms with van der Waals surface area (Å²) < 4.78 is 12.1. The Morgan fingerprint density at radius 1 is 0.697 bits per heavy atom. The van der Waals surface area contributed by atoms with Crippen molar-refractivity contribution in [2.45, 2.75) is 19.4 Å². The van der Waals surface area contributed by atoms with Gasteiger partial charge < -0.3 is 31.8 Å². The number of fused-ring (bicyclic) bond motifs is 6. The first-order chi connectivity index (χ1) is 12.1. The summed E-state index contributed by atoms with van der Waals surface area (Å²) in [7, 11) is 0. The van der Waals surface area contributed by atoms with Gasteiger partial charge in [-0.2, -0.15) is 35.4 Å². The molecule has 0 N–H and O–H groups in total. The third kappa shape index (κ3) is 7.66. The number of hydrogen-bond acceptors (Lipinski definition) is 3. The molecule has 1 spiro atoms. The molecular weight excluding hydrogens is 833 g/mol. The number of esters is 1.